The van der Waals surface area contributed by atoms with Gasteiger partial charge in [-0.25, -0.2) is 4.39 Å². The van der Waals surface area contributed by atoms with E-state index in [-0.39, 0.29) is 16.2 Å². The number of fused-ring (bicyclic) bond motifs is 1. The second-order valence-corrected chi connectivity index (χ2v) is 3.67. The van der Waals surface area contributed by atoms with E-state index in [4.69, 9.17) is 11.6 Å². The first kappa shape index (κ1) is 7.83. The second kappa shape index (κ2) is 2.61. The standard InChI is InChI=1S/C8H4ClFOS/c9-4-1-2-6-7(8(4)10)5(11)3-12-6/h1-3,11H. The van der Waals surface area contributed by atoms with E-state index < -0.39 is 5.82 Å². The van der Waals surface area contributed by atoms with Gasteiger partial charge in [-0.2, -0.15) is 0 Å². The molecule has 0 fully saturated rings. The molecule has 1 nitrogen and oxygen atoms in total. The lowest BCUT2D eigenvalue weighted by atomic mass is 10.2. The van der Waals surface area contributed by atoms with Gasteiger partial charge in [0.05, 0.1) is 10.4 Å². The fourth-order valence-corrected chi connectivity index (χ4v) is 2.02. The van der Waals surface area contributed by atoms with Crippen LogP contribution in [0.5, 0.6) is 5.75 Å². The summed E-state index contributed by atoms with van der Waals surface area (Å²) in [5.74, 6) is -0.595. The van der Waals surface area contributed by atoms with Gasteiger partial charge < -0.3 is 5.11 Å². The van der Waals surface area contributed by atoms with Gasteiger partial charge in [0.25, 0.3) is 0 Å². The molecule has 1 aromatic carbocycles. The lowest BCUT2D eigenvalue weighted by Gasteiger charge is -1.95. The lowest BCUT2D eigenvalue weighted by molar-refractivity contribution is 0.481. The number of aromatic hydroxyl groups is 1. The van der Waals surface area contributed by atoms with Crippen LogP contribution in [0.15, 0.2) is 17.5 Å². The Hall–Kier alpha value is -0.800. The molecule has 2 rings (SSSR count). The molecular weight excluding hydrogens is 199 g/mol. The molecule has 1 heterocycles. The Morgan fingerprint density at radius 3 is 2.92 bits per heavy atom. The lowest BCUT2D eigenvalue weighted by Crippen LogP contribution is -1.76. The quantitative estimate of drug-likeness (QED) is 0.694. The maximum atomic E-state index is 13.2. The van der Waals surface area contributed by atoms with Crippen LogP contribution in [-0.4, -0.2) is 5.11 Å². The van der Waals surface area contributed by atoms with E-state index in [0.717, 1.165) is 0 Å². The van der Waals surface area contributed by atoms with E-state index >= 15 is 0 Å². The van der Waals surface area contributed by atoms with Gasteiger partial charge in [-0.15, -0.1) is 11.3 Å². The van der Waals surface area contributed by atoms with Crippen LogP contribution in [-0.2, 0) is 0 Å². The van der Waals surface area contributed by atoms with Crippen LogP contribution < -0.4 is 0 Å². The number of thiophene rings is 1. The van der Waals surface area contributed by atoms with Gasteiger partial charge in [-0.05, 0) is 12.1 Å². The van der Waals surface area contributed by atoms with Gasteiger partial charge >= 0.3 is 0 Å². The molecule has 62 valence electrons. The smallest absolute Gasteiger partial charge is 0.154 e. The van der Waals surface area contributed by atoms with Gasteiger partial charge in [0.1, 0.15) is 5.75 Å². The third kappa shape index (κ3) is 0.974. The molecule has 0 spiro atoms. The van der Waals surface area contributed by atoms with Crippen LogP contribution in [0.1, 0.15) is 0 Å². The first-order chi connectivity index (χ1) is 5.70. The zero-order valence-corrected chi connectivity index (χ0v) is 7.42. The number of hydrogen-bond acceptors (Lipinski definition) is 2. The number of halogens is 2. The van der Waals surface area contributed by atoms with Crippen molar-refractivity contribution in [2.45, 2.75) is 0 Å². The minimum Gasteiger partial charge on any atom is -0.506 e. The van der Waals surface area contributed by atoms with E-state index in [0.29, 0.717) is 4.70 Å². The fraction of sp³-hybridized carbons (Fsp3) is 0. The van der Waals surface area contributed by atoms with Gasteiger partial charge in [0.2, 0.25) is 0 Å². The van der Waals surface area contributed by atoms with Crippen LogP contribution in [0, 0.1) is 5.82 Å². The zero-order valence-electron chi connectivity index (χ0n) is 5.84. The predicted molar refractivity (Wildman–Crippen MR) is 48.5 cm³/mol. The number of rotatable bonds is 0. The summed E-state index contributed by atoms with van der Waals surface area (Å²) in [7, 11) is 0. The Labute approximate surface area is 77.0 Å². The van der Waals surface area contributed by atoms with Crippen molar-refractivity contribution in [2.24, 2.45) is 0 Å². The highest BCUT2D eigenvalue weighted by molar-refractivity contribution is 7.17. The Morgan fingerprint density at radius 2 is 2.17 bits per heavy atom. The summed E-state index contributed by atoms with van der Waals surface area (Å²) < 4.78 is 13.9. The van der Waals surface area contributed by atoms with Crippen molar-refractivity contribution in [1.82, 2.24) is 0 Å². The molecule has 12 heavy (non-hydrogen) atoms. The van der Waals surface area contributed by atoms with Crippen molar-refractivity contribution in [2.75, 3.05) is 0 Å². The average molecular weight is 203 g/mol. The molecule has 0 saturated heterocycles. The molecule has 0 aliphatic carbocycles. The van der Waals surface area contributed by atoms with Crippen molar-refractivity contribution in [1.29, 1.82) is 0 Å². The highest BCUT2D eigenvalue weighted by Gasteiger charge is 2.10. The minimum absolute atomic E-state index is 0.0381. The molecule has 1 aromatic heterocycles. The maximum absolute atomic E-state index is 13.2. The van der Waals surface area contributed by atoms with Crippen LogP contribution in [0.3, 0.4) is 0 Å². The Bertz CT molecular complexity index is 438. The van der Waals surface area contributed by atoms with E-state index in [1.165, 1.54) is 22.8 Å². The van der Waals surface area contributed by atoms with Crippen LogP contribution in [0.4, 0.5) is 4.39 Å². The van der Waals surface area contributed by atoms with Crippen molar-refractivity contribution in [3.63, 3.8) is 0 Å². The molecule has 0 atom stereocenters. The molecule has 0 bridgehead atoms. The summed E-state index contributed by atoms with van der Waals surface area (Å²) in [4.78, 5) is 0. The van der Waals surface area contributed by atoms with Crippen LogP contribution in [0.25, 0.3) is 10.1 Å². The maximum Gasteiger partial charge on any atom is 0.154 e. The summed E-state index contributed by atoms with van der Waals surface area (Å²) >= 11 is 6.82. The van der Waals surface area contributed by atoms with Crippen molar-refractivity contribution >= 4 is 33.0 Å². The summed E-state index contributed by atoms with van der Waals surface area (Å²) in [5, 5.41) is 11.0. The third-order valence-electron chi connectivity index (χ3n) is 1.61. The highest BCUT2D eigenvalue weighted by atomic mass is 35.5. The molecular formula is C8H4ClFOS. The summed E-state index contributed by atoms with van der Waals surface area (Å²) in [6, 6.07) is 3.17. The fourth-order valence-electron chi connectivity index (χ4n) is 1.05. The Balaban J connectivity index is 2.96. The average Bonchev–Trinajstić information content (AvgIpc) is 2.41. The first-order valence-corrected chi connectivity index (χ1v) is 4.50. The Morgan fingerprint density at radius 1 is 1.42 bits per heavy atom. The summed E-state index contributed by atoms with van der Waals surface area (Å²) in [6.07, 6.45) is 0. The topological polar surface area (TPSA) is 20.2 Å². The molecule has 0 amide bonds. The third-order valence-corrected chi connectivity index (χ3v) is 2.84. The van der Waals surface area contributed by atoms with E-state index in [1.807, 2.05) is 0 Å². The van der Waals surface area contributed by atoms with Crippen molar-refractivity contribution in [3.8, 4) is 5.75 Å². The molecule has 2 aromatic rings. The SMILES string of the molecule is Oc1csc2ccc(Cl)c(F)c12. The van der Waals surface area contributed by atoms with E-state index in [2.05, 4.69) is 0 Å². The van der Waals surface area contributed by atoms with E-state index in [1.54, 1.807) is 6.07 Å². The zero-order chi connectivity index (χ0) is 8.72. The molecule has 4 heteroatoms. The van der Waals surface area contributed by atoms with E-state index in [9.17, 15) is 9.50 Å². The first-order valence-electron chi connectivity index (χ1n) is 3.24. The molecule has 0 aliphatic heterocycles. The molecule has 0 unspecified atom stereocenters. The normalized spacial score (nSPS) is 10.8. The molecule has 0 aliphatic rings. The molecule has 0 radical (unpaired) electrons. The summed E-state index contributed by atoms with van der Waals surface area (Å²) in [6.45, 7) is 0. The van der Waals surface area contributed by atoms with Gasteiger partial charge in [-0.3, -0.25) is 0 Å². The number of benzene rings is 1. The molecule has 1 N–H and O–H groups in total. The summed E-state index contributed by atoms with van der Waals surface area (Å²) in [5.41, 5.74) is 0. The largest absolute Gasteiger partial charge is 0.506 e. The van der Waals surface area contributed by atoms with Crippen molar-refractivity contribution in [3.05, 3.63) is 28.4 Å². The van der Waals surface area contributed by atoms with Gasteiger partial charge in [0, 0.05) is 10.1 Å². The van der Waals surface area contributed by atoms with Gasteiger partial charge in [0.15, 0.2) is 5.82 Å². The monoisotopic (exact) mass is 202 g/mol. The number of hydrogen-bond donors (Lipinski definition) is 1. The predicted octanol–water partition coefficient (Wildman–Crippen LogP) is 3.40. The van der Waals surface area contributed by atoms with Crippen molar-refractivity contribution < 1.29 is 9.50 Å². The highest BCUT2D eigenvalue weighted by Crippen LogP contribution is 2.35. The second-order valence-electron chi connectivity index (χ2n) is 2.36. The molecule has 0 saturated carbocycles. The minimum atomic E-state index is -0.548. The van der Waals surface area contributed by atoms with Crippen LogP contribution >= 0.6 is 22.9 Å². The van der Waals surface area contributed by atoms with Gasteiger partial charge in [-0.1, -0.05) is 11.6 Å². The Kier molecular flexibility index (Phi) is 1.70. The van der Waals surface area contributed by atoms with Crippen LogP contribution in [0.2, 0.25) is 5.02 Å².